The highest BCUT2D eigenvalue weighted by Gasteiger charge is 2.26. The van der Waals surface area contributed by atoms with E-state index >= 15 is 0 Å². The maximum absolute atomic E-state index is 4.31. The predicted molar refractivity (Wildman–Crippen MR) is 100 cm³/mol. The summed E-state index contributed by atoms with van der Waals surface area (Å²) in [5.74, 6) is 0.922. The third-order valence-electron chi connectivity index (χ3n) is 4.62. The van der Waals surface area contributed by atoms with E-state index in [0.717, 1.165) is 28.2 Å². The zero-order valence-electron chi connectivity index (χ0n) is 14.6. The van der Waals surface area contributed by atoms with Crippen molar-refractivity contribution in [1.82, 2.24) is 24.7 Å². The molecule has 7 nitrogen and oxygen atoms in total. The fourth-order valence-corrected chi connectivity index (χ4v) is 3.09. The molecule has 5 rings (SSSR count). The smallest absolute Gasteiger partial charge is 0.200 e. The second kappa shape index (κ2) is 6.60. The van der Waals surface area contributed by atoms with Gasteiger partial charge in [0.2, 0.25) is 0 Å². The molecule has 0 bridgehead atoms. The molecule has 1 N–H and O–H groups in total. The first-order valence-electron chi connectivity index (χ1n) is 8.90. The lowest BCUT2D eigenvalue weighted by Crippen LogP contribution is -2.41. The van der Waals surface area contributed by atoms with Crippen LogP contribution in [-0.2, 0) is 0 Å². The normalized spacial score (nSPS) is 13.5. The average Bonchev–Trinajstić information content (AvgIpc) is 3.46. The van der Waals surface area contributed by atoms with Crippen LogP contribution in [0.15, 0.2) is 73.8 Å². The quantitative estimate of drug-likeness (QED) is 0.557. The fourth-order valence-electron chi connectivity index (χ4n) is 3.09. The minimum absolute atomic E-state index is 0.551. The molecular formula is C20H18N7+. The van der Waals surface area contributed by atoms with E-state index in [0.29, 0.717) is 6.04 Å². The molecule has 132 valence electrons. The molecule has 4 aromatic rings. The van der Waals surface area contributed by atoms with E-state index in [4.69, 9.17) is 0 Å². The van der Waals surface area contributed by atoms with Gasteiger partial charge in [0.15, 0.2) is 18.2 Å². The molecule has 1 aliphatic rings. The van der Waals surface area contributed by atoms with E-state index in [-0.39, 0.29) is 0 Å². The topological polar surface area (TPSA) is 72.4 Å². The number of aromatic nitrogens is 6. The van der Waals surface area contributed by atoms with Gasteiger partial charge >= 0.3 is 0 Å². The highest BCUT2D eigenvalue weighted by molar-refractivity contribution is 5.62. The van der Waals surface area contributed by atoms with Crippen molar-refractivity contribution >= 4 is 5.69 Å². The van der Waals surface area contributed by atoms with Crippen molar-refractivity contribution in [2.45, 2.75) is 18.9 Å². The Morgan fingerprint density at radius 2 is 1.78 bits per heavy atom. The summed E-state index contributed by atoms with van der Waals surface area (Å²) in [5.41, 5.74) is 7.48. The Morgan fingerprint density at radius 3 is 2.56 bits per heavy atom. The highest BCUT2D eigenvalue weighted by Crippen LogP contribution is 2.37. The lowest BCUT2D eigenvalue weighted by molar-refractivity contribution is -0.642. The Kier molecular flexibility index (Phi) is 3.82. The molecule has 0 radical (unpaired) electrons. The summed E-state index contributed by atoms with van der Waals surface area (Å²) in [6, 6.07) is 12.8. The maximum Gasteiger partial charge on any atom is 0.200 e. The monoisotopic (exact) mass is 356 g/mol. The van der Waals surface area contributed by atoms with E-state index in [1.54, 1.807) is 12.4 Å². The number of pyridine rings is 1. The molecule has 1 aromatic carbocycles. The minimum atomic E-state index is 0.551. The summed E-state index contributed by atoms with van der Waals surface area (Å²) in [4.78, 5) is 8.13. The summed E-state index contributed by atoms with van der Waals surface area (Å²) in [6.45, 7) is 0. The Bertz CT molecular complexity index is 1050. The summed E-state index contributed by atoms with van der Waals surface area (Å²) >= 11 is 0. The fraction of sp³-hybridized carbons (Fsp3) is 0.150. The van der Waals surface area contributed by atoms with E-state index in [1.807, 2.05) is 47.7 Å². The number of hydrogen-bond acceptors (Lipinski definition) is 5. The first-order valence-corrected chi connectivity index (χ1v) is 8.90. The Labute approximate surface area is 156 Å². The van der Waals surface area contributed by atoms with Gasteiger partial charge in [-0.15, -0.1) is 10.2 Å². The van der Waals surface area contributed by atoms with Crippen LogP contribution in [0, 0.1) is 0 Å². The van der Waals surface area contributed by atoms with E-state index in [2.05, 4.69) is 42.3 Å². The number of nitrogens with zero attached hydrogens (tertiary/aromatic N) is 6. The van der Waals surface area contributed by atoms with E-state index in [1.165, 1.54) is 19.2 Å². The molecule has 1 fully saturated rings. The molecule has 1 aliphatic carbocycles. The van der Waals surface area contributed by atoms with E-state index in [9.17, 15) is 0 Å². The molecule has 0 atom stereocenters. The van der Waals surface area contributed by atoms with Gasteiger partial charge in [0.05, 0.1) is 5.69 Å². The molecule has 1 saturated carbocycles. The summed E-state index contributed by atoms with van der Waals surface area (Å²) < 4.78 is 4.08. The van der Waals surface area contributed by atoms with Crippen molar-refractivity contribution in [1.29, 1.82) is 0 Å². The maximum atomic E-state index is 4.31. The second-order valence-electron chi connectivity index (χ2n) is 6.61. The van der Waals surface area contributed by atoms with Crippen molar-refractivity contribution < 1.29 is 4.68 Å². The molecule has 0 aliphatic heterocycles. The second-order valence-corrected chi connectivity index (χ2v) is 6.61. The van der Waals surface area contributed by atoms with Gasteiger partial charge in [-0.25, -0.2) is 9.97 Å². The molecule has 3 heterocycles. The molecule has 0 amide bonds. The largest absolute Gasteiger partial charge is 0.310 e. The van der Waals surface area contributed by atoms with Crippen LogP contribution < -0.4 is 10.1 Å². The Morgan fingerprint density at radius 1 is 0.963 bits per heavy atom. The van der Waals surface area contributed by atoms with E-state index < -0.39 is 0 Å². The van der Waals surface area contributed by atoms with Gasteiger partial charge in [-0.1, -0.05) is 16.8 Å². The van der Waals surface area contributed by atoms with Gasteiger partial charge in [0.25, 0.3) is 0 Å². The van der Waals surface area contributed by atoms with Gasteiger partial charge < -0.3 is 4.57 Å². The zero-order chi connectivity index (χ0) is 18.1. The SMILES string of the molecule is c1cc(N[n+]2ccc(-c3cncnc3)cc2)cc(-c2nncn2C2CC2)c1. The third-order valence-corrected chi connectivity index (χ3v) is 4.62. The van der Waals surface area contributed by atoms with Crippen LogP contribution in [0.25, 0.3) is 22.5 Å². The lowest BCUT2D eigenvalue weighted by atomic mass is 10.1. The molecular weight excluding hydrogens is 338 g/mol. The van der Waals surface area contributed by atoms with Crippen LogP contribution in [0.5, 0.6) is 0 Å². The van der Waals surface area contributed by atoms with Crippen molar-refractivity contribution in [2.24, 2.45) is 0 Å². The molecule has 0 unspecified atom stereocenters. The number of nitrogens with one attached hydrogen (secondary N) is 1. The summed E-state index contributed by atoms with van der Waals surface area (Å²) in [6.07, 6.45) is 13.3. The third kappa shape index (κ3) is 3.27. The standard InChI is InChI=1S/C20H18N7/c1-2-16(20-24-23-14-27(20)19-4-5-19)10-18(3-1)25-26-8-6-15(7-9-26)17-11-21-13-22-12-17/h1-3,6-14,19,25H,4-5H2/q+1. The number of hydrogen-bond donors (Lipinski definition) is 1. The number of rotatable bonds is 5. The van der Waals surface area contributed by atoms with Crippen LogP contribution in [-0.4, -0.2) is 24.7 Å². The van der Waals surface area contributed by atoms with Gasteiger partial charge in [0, 0.05) is 41.7 Å². The van der Waals surface area contributed by atoms with Gasteiger partial charge in [0.1, 0.15) is 12.7 Å². The van der Waals surface area contributed by atoms with Crippen molar-refractivity contribution in [3.05, 3.63) is 73.8 Å². The molecule has 0 saturated heterocycles. The van der Waals surface area contributed by atoms with Crippen LogP contribution in [0.4, 0.5) is 5.69 Å². The average molecular weight is 356 g/mol. The van der Waals surface area contributed by atoms with Crippen LogP contribution in [0.2, 0.25) is 0 Å². The predicted octanol–water partition coefficient (Wildman–Crippen LogP) is 2.90. The minimum Gasteiger partial charge on any atom is -0.310 e. The number of benzene rings is 1. The Hall–Kier alpha value is -3.61. The summed E-state index contributed by atoms with van der Waals surface area (Å²) in [7, 11) is 0. The van der Waals surface area contributed by atoms with Crippen molar-refractivity contribution in [3.8, 4) is 22.5 Å². The molecule has 3 aromatic heterocycles. The van der Waals surface area contributed by atoms with Crippen molar-refractivity contribution in [2.75, 3.05) is 5.43 Å². The van der Waals surface area contributed by atoms with Crippen LogP contribution in [0.1, 0.15) is 18.9 Å². The van der Waals surface area contributed by atoms with Gasteiger partial charge in [-0.3, -0.25) is 0 Å². The lowest BCUT2D eigenvalue weighted by Gasteiger charge is -2.06. The summed E-state index contributed by atoms with van der Waals surface area (Å²) in [5, 5.41) is 8.40. The highest BCUT2D eigenvalue weighted by atomic mass is 15.4. The van der Waals surface area contributed by atoms with Gasteiger partial charge in [-0.2, -0.15) is 5.43 Å². The first-order chi connectivity index (χ1) is 13.4. The number of anilines is 1. The van der Waals surface area contributed by atoms with Crippen LogP contribution >= 0.6 is 0 Å². The first kappa shape index (κ1) is 15.6. The zero-order valence-corrected chi connectivity index (χ0v) is 14.6. The Balaban J connectivity index is 1.37. The van der Waals surface area contributed by atoms with Gasteiger partial charge in [-0.05, 0) is 30.5 Å². The van der Waals surface area contributed by atoms with Crippen molar-refractivity contribution in [3.63, 3.8) is 0 Å². The molecule has 0 spiro atoms. The molecule has 27 heavy (non-hydrogen) atoms. The molecule has 7 heteroatoms. The van der Waals surface area contributed by atoms with Crippen LogP contribution in [0.3, 0.4) is 0 Å².